The van der Waals surface area contributed by atoms with Gasteiger partial charge in [-0.25, -0.2) is 8.42 Å². The summed E-state index contributed by atoms with van der Waals surface area (Å²) in [7, 11) is -2.94. The maximum Gasteiger partial charge on any atom is 0.170 e. The first-order valence-corrected chi connectivity index (χ1v) is 9.02. The molecule has 2 rings (SSSR count). The highest BCUT2D eigenvalue weighted by molar-refractivity contribution is 7.92. The average molecular weight is 319 g/mol. The van der Waals surface area contributed by atoms with E-state index in [1.165, 1.54) is 0 Å². The lowest BCUT2D eigenvalue weighted by atomic mass is 10.3. The van der Waals surface area contributed by atoms with Crippen molar-refractivity contribution in [1.82, 2.24) is 15.5 Å². The van der Waals surface area contributed by atoms with Crippen LogP contribution in [0.5, 0.6) is 0 Å². The number of thiocarbonyl (C=S) groups is 1. The topological polar surface area (TPSA) is 70.7 Å². The van der Waals surface area contributed by atoms with Gasteiger partial charge in [0, 0.05) is 25.3 Å². The number of hydrogen-bond acceptors (Lipinski definition) is 5. The minimum atomic E-state index is -2.94. The summed E-state index contributed by atoms with van der Waals surface area (Å²) >= 11 is 5.14. The molecule has 1 saturated heterocycles. The molecule has 6 nitrogen and oxygen atoms in total. The normalized spacial score (nSPS) is 22.3. The van der Waals surface area contributed by atoms with Crippen LogP contribution >= 0.6 is 12.2 Å². The van der Waals surface area contributed by atoms with Crippen molar-refractivity contribution in [2.24, 2.45) is 0 Å². The second-order valence-corrected chi connectivity index (χ2v) is 7.49. The van der Waals surface area contributed by atoms with Gasteiger partial charge >= 0.3 is 0 Å². The van der Waals surface area contributed by atoms with E-state index < -0.39 is 9.84 Å². The summed E-state index contributed by atoms with van der Waals surface area (Å²) in [5.74, 6) is 0.164. The molecule has 2 heterocycles. The number of morpholine rings is 1. The fraction of sp³-hybridized carbons (Fsp3) is 0.750. The third-order valence-electron chi connectivity index (χ3n) is 3.27. The van der Waals surface area contributed by atoms with Gasteiger partial charge in [0.1, 0.15) is 0 Å². The predicted molar refractivity (Wildman–Crippen MR) is 82.3 cm³/mol. The van der Waals surface area contributed by atoms with Crippen LogP contribution in [0.25, 0.3) is 0 Å². The second kappa shape index (κ2) is 7.35. The molecule has 0 unspecified atom stereocenters. The minimum Gasteiger partial charge on any atom is -0.379 e. The lowest BCUT2D eigenvalue weighted by Gasteiger charge is -2.26. The highest BCUT2D eigenvalue weighted by atomic mass is 32.2. The Morgan fingerprint density at radius 3 is 2.80 bits per heavy atom. The third kappa shape index (κ3) is 5.35. The maximum absolute atomic E-state index is 11.3. The molecule has 0 aromatic heterocycles. The number of hydrogen-bond donors (Lipinski definition) is 2. The smallest absolute Gasteiger partial charge is 0.170 e. The van der Waals surface area contributed by atoms with Crippen molar-refractivity contribution in [2.45, 2.75) is 6.42 Å². The van der Waals surface area contributed by atoms with E-state index >= 15 is 0 Å². The summed E-state index contributed by atoms with van der Waals surface area (Å²) in [6.45, 7) is 5.42. The van der Waals surface area contributed by atoms with E-state index in [-0.39, 0.29) is 11.5 Å². The summed E-state index contributed by atoms with van der Waals surface area (Å²) in [6, 6.07) is 0. The molecule has 114 valence electrons. The molecule has 0 aliphatic carbocycles. The quantitative estimate of drug-likeness (QED) is 0.522. The molecule has 2 N–H and O–H groups in total. The van der Waals surface area contributed by atoms with Gasteiger partial charge in [-0.1, -0.05) is 0 Å². The Bertz CT molecular complexity index is 470. The molecule has 0 spiro atoms. The van der Waals surface area contributed by atoms with Crippen LogP contribution in [0.2, 0.25) is 0 Å². The fourth-order valence-electron chi connectivity index (χ4n) is 2.19. The van der Waals surface area contributed by atoms with Crippen molar-refractivity contribution in [3.63, 3.8) is 0 Å². The number of sulfone groups is 1. The lowest BCUT2D eigenvalue weighted by molar-refractivity contribution is 0.0376. The van der Waals surface area contributed by atoms with Crippen LogP contribution in [0.1, 0.15) is 6.42 Å². The van der Waals surface area contributed by atoms with Crippen molar-refractivity contribution < 1.29 is 13.2 Å². The van der Waals surface area contributed by atoms with E-state index in [4.69, 9.17) is 17.0 Å². The molecule has 0 aromatic rings. The third-order valence-corrected chi connectivity index (χ3v) is 4.95. The molecule has 20 heavy (non-hydrogen) atoms. The van der Waals surface area contributed by atoms with Crippen molar-refractivity contribution >= 4 is 27.2 Å². The zero-order chi connectivity index (χ0) is 14.4. The Morgan fingerprint density at radius 2 is 2.15 bits per heavy atom. The Balaban J connectivity index is 1.56. The molecule has 0 radical (unpaired) electrons. The zero-order valence-electron chi connectivity index (χ0n) is 11.4. The molecule has 2 aliphatic heterocycles. The van der Waals surface area contributed by atoms with E-state index in [1.807, 2.05) is 0 Å². The van der Waals surface area contributed by atoms with E-state index in [9.17, 15) is 8.42 Å². The van der Waals surface area contributed by atoms with Crippen LogP contribution in [0.4, 0.5) is 0 Å². The van der Waals surface area contributed by atoms with Gasteiger partial charge < -0.3 is 15.4 Å². The summed E-state index contributed by atoms with van der Waals surface area (Å²) < 4.78 is 27.9. The first-order chi connectivity index (χ1) is 9.55. The molecule has 0 amide bonds. The standard InChI is InChI=1S/C12H21N3O3S2/c16-20(17)9-2-11(10-20)14-12(19)13-3-1-4-15-5-7-18-8-6-15/h2H,1,3-10H2,(H2,13,14,19). The largest absolute Gasteiger partial charge is 0.379 e. The van der Waals surface area contributed by atoms with Crippen LogP contribution in [0.15, 0.2) is 11.8 Å². The van der Waals surface area contributed by atoms with E-state index in [2.05, 4.69) is 15.5 Å². The van der Waals surface area contributed by atoms with E-state index in [0.717, 1.165) is 45.8 Å². The average Bonchev–Trinajstić information content (AvgIpc) is 2.75. The van der Waals surface area contributed by atoms with Gasteiger partial charge in [0.05, 0.1) is 24.7 Å². The zero-order valence-corrected chi connectivity index (χ0v) is 13.1. The van der Waals surface area contributed by atoms with Crippen LogP contribution in [-0.2, 0) is 14.6 Å². The van der Waals surface area contributed by atoms with Gasteiger partial charge in [-0.15, -0.1) is 0 Å². The monoisotopic (exact) mass is 319 g/mol. The van der Waals surface area contributed by atoms with Crippen LogP contribution in [0, 0.1) is 0 Å². The SMILES string of the molecule is O=S1(=O)CC=C(NC(=S)NCCCN2CCOCC2)C1. The Kier molecular flexibility index (Phi) is 5.76. The molecule has 0 aromatic carbocycles. The van der Waals surface area contributed by atoms with Gasteiger partial charge in [-0.05, 0) is 31.3 Å². The number of nitrogens with zero attached hydrogens (tertiary/aromatic N) is 1. The van der Waals surface area contributed by atoms with Gasteiger partial charge in [-0.3, -0.25) is 4.90 Å². The highest BCUT2D eigenvalue weighted by Crippen LogP contribution is 2.08. The highest BCUT2D eigenvalue weighted by Gasteiger charge is 2.20. The molecular weight excluding hydrogens is 298 g/mol. The van der Waals surface area contributed by atoms with Gasteiger partial charge in [0.15, 0.2) is 14.9 Å². The van der Waals surface area contributed by atoms with Crippen molar-refractivity contribution in [3.05, 3.63) is 11.8 Å². The van der Waals surface area contributed by atoms with E-state index in [1.54, 1.807) is 6.08 Å². The molecule has 0 saturated carbocycles. The van der Waals surface area contributed by atoms with Crippen molar-refractivity contribution in [2.75, 3.05) is 50.9 Å². The van der Waals surface area contributed by atoms with Gasteiger partial charge in [0.25, 0.3) is 0 Å². The summed E-state index contributed by atoms with van der Waals surface area (Å²) in [4.78, 5) is 2.37. The molecule has 2 aliphatic rings. The predicted octanol–water partition coefficient (Wildman–Crippen LogP) is -0.515. The Hall–Kier alpha value is -0.700. The van der Waals surface area contributed by atoms with Crippen LogP contribution in [0.3, 0.4) is 0 Å². The van der Waals surface area contributed by atoms with E-state index in [0.29, 0.717) is 10.8 Å². The first-order valence-electron chi connectivity index (χ1n) is 6.79. The summed E-state index contributed by atoms with van der Waals surface area (Å²) in [5.41, 5.74) is 0.677. The number of nitrogens with one attached hydrogen (secondary N) is 2. The summed E-state index contributed by atoms with van der Waals surface area (Å²) in [5, 5.41) is 6.54. The van der Waals surface area contributed by atoms with Crippen molar-refractivity contribution in [1.29, 1.82) is 0 Å². The van der Waals surface area contributed by atoms with Crippen LogP contribution in [-0.4, -0.2) is 69.3 Å². The fourth-order valence-corrected chi connectivity index (χ4v) is 3.66. The molecule has 8 heteroatoms. The number of rotatable bonds is 5. The molecule has 1 fully saturated rings. The van der Waals surface area contributed by atoms with Crippen molar-refractivity contribution in [3.8, 4) is 0 Å². The maximum atomic E-state index is 11.3. The number of ether oxygens (including phenoxy) is 1. The first kappa shape index (κ1) is 15.7. The van der Waals surface area contributed by atoms with Gasteiger partial charge in [-0.2, -0.15) is 0 Å². The lowest BCUT2D eigenvalue weighted by Crippen LogP contribution is -2.39. The molecule has 0 bridgehead atoms. The Morgan fingerprint density at radius 1 is 1.40 bits per heavy atom. The second-order valence-electron chi connectivity index (χ2n) is 4.97. The minimum absolute atomic E-state index is 0.0581. The summed E-state index contributed by atoms with van der Waals surface area (Å²) in [6.07, 6.45) is 2.68. The van der Waals surface area contributed by atoms with Crippen LogP contribution < -0.4 is 10.6 Å². The van der Waals surface area contributed by atoms with Gasteiger partial charge in [0.2, 0.25) is 0 Å². The molecular formula is C12H21N3O3S2. The molecule has 0 atom stereocenters. The Labute approximate surface area is 125 Å².